The first-order valence-electron chi connectivity index (χ1n) is 7.81. The van der Waals surface area contributed by atoms with Gasteiger partial charge in [0.2, 0.25) is 0 Å². The van der Waals surface area contributed by atoms with Gasteiger partial charge in [0.25, 0.3) is 0 Å². The number of piperazine rings is 1. The van der Waals surface area contributed by atoms with Crippen molar-refractivity contribution >= 4 is 11.6 Å². The van der Waals surface area contributed by atoms with Crippen LogP contribution in [0.4, 0.5) is 10.1 Å². The Bertz CT molecular complexity index is 486. The Kier molecular flexibility index (Phi) is 4.27. The maximum absolute atomic E-state index is 13.0. The second kappa shape index (κ2) is 6.33. The molecule has 1 aliphatic heterocycles. The van der Waals surface area contributed by atoms with Gasteiger partial charge in [0.1, 0.15) is 5.82 Å². The average Bonchev–Trinajstić information content (AvgIpc) is 3.01. The Morgan fingerprint density at radius 2 is 1.67 bits per heavy atom. The minimum Gasteiger partial charge on any atom is -0.370 e. The minimum absolute atomic E-state index is 0.190. The molecule has 21 heavy (non-hydrogen) atoms. The van der Waals surface area contributed by atoms with E-state index < -0.39 is 0 Å². The summed E-state index contributed by atoms with van der Waals surface area (Å²) < 4.78 is 13.0. The molecule has 1 aromatic rings. The molecule has 2 aliphatic rings. The van der Waals surface area contributed by atoms with E-state index in [1.54, 1.807) is 0 Å². The van der Waals surface area contributed by atoms with Crippen LogP contribution >= 0.6 is 0 Å². The molecule has 114 valence electrons. The number of nitrogens with two attached hydrogens (primary N) is 1. The Labute approximate surface area is 125 Å². The van der Waals surface area contributed by atoms with Crippen molar-refractivity contribution in [3.05, 3.63) is 30.1 Å². The van der Waals surface area contributed by atoms with Gasteiger partial charge < -0.3 is 15.5 Å². The van der Waals surface area contributed by atoms with E-state index in [4.69, 9.17) is 5.73 Å². The lowest BCUT2D eigenvalue weighted by Crippen LogP contribution is -2.51. The van der Waals surface area contributed by atoms with Gasteiger partial charge in [-0.05, 0) is 37.1 Å². The molecule has 0 aromatic heterocycles. The summed E-state index contributed by atoms with van der Waals surface area (Å²) in [4.78, 5) is 9.09. The second-order valence-electron chi connectivity index (χ2n) is 5.88. The van der Waals surface area contributed by atoms with Crippen molar-refractivity contribution in [2.75, 3.05) is 31.1 Å². The topological polar surface area (TPSA) is 44.9 Å². The van der Waals surface area contributed by atoms with Crippen LogP contribution in [0.15, 0.2) is 29.3 Å². The zero-order valence-corrected chi connectivity index (χ0v) is 12.3. The molecule has 0 bridgehead atoms. The summed E-state index contributed by atoms with van der Waals surface area (Å²) in [6.45, 7) is 3.54. The smallest absolute Gasteiger partial charge is 0.191 e. The first-order valence-corrected chi connectivity index (χ1v) is 7.81. The molecule has 0 atom stereocenters. The van der Waals surface area contributed by atoms with Crippen molar-refractivity contribution in [3.63, 3.8) is 0 Å². The van der Waals surface area contributed by atoms with E-state index in [1.807, 2.05) is 12.1 Å². The fourth-order valence-corrected chi connectivity index (χ4v) is 3.15. The zero-order valence-electron chi connectivity index (χ0n) is 12.3. The molecule has 0 unspecified atom stereocenters. The Balaban J connectivity index is 1.55. The average molecular weight is 290 g/mol. The number of aliphatic imine (C=N–C) groups is 1. The number of hydrogen-bond acceptors (Lipinski definition) is 2. The van der Waals surface area contributed by atoms with E-state index in [9.17, 15) is 4.39 Å². The summed E-state index contributed by atoms with van der Waals surface area (Å²) in [5.41, 5.74) is 7.21. The van der Waals surface area contributed by atoms with E-state index >= 15 is 0 Å². The third-order valence-electron chi connectivity index (χ3n) is 4.43. The largest absolute Gasteiger partial charge is 0.370 e. The van der Waals surface area contributed by atoms with Crippen molar-refractivity contribution in [2.45, 2.75) is 31.7 Å². The molecule has 1 saturated heterocycles. The predicted molar refractivity (Wildman–Crippen MR) is 84.1 cm³/mol. The van der Waals surface area contributed by atoms with Crippen molar-refractivity contribution in [1.29, 1.82) is 0 Å². The first kappa shape index (κ1) is 14.2. The Hall–Kier alpha value is -1.78. The Morgan fingerprint density at radius 1 is 1.05 bits per heavy atom. The molecule has 3 rings (SSSR count). The van der Waals surface area contributed by atoms with Gasteiger partial charge in [0.05, 0.1) is 6.04 Å². The number of rotatable bonds is 2. The molecule has 2 fully saturated rings. The monoisotopic (exact) mass is 290 g/mol. The highest BCUT2D eigenvalue weighted by Gasteiger charge is 2.20. The summed E-state index contributed by atoms with van der Waals surface area (Å²) in [5.74, 6) is 0.506. The van der Waals surface area contributed by atoms with Gasteiger partial charge in [-0.25, -0.2) is 9.38 Å². The SMILES string of the molecule is NC(=NC1CCCC1)N1CCN(c2ccc(F)cc2)CC1. The third-order valence-corrected chi connectivity index (χ3v) is 4.43. The lowest BCUT2D eigenvalue weighted by molar-refractivity contribution is 0.379. The van der Waals surface area contributed by atoms with Gasteiger partial charge in [-0.15, -0.1) is 0 Å². The predicted octanol–water partition coefficient (Wildman–Crippen LogP) is 2.21. The molecule has 2 N–H and O–H groups in total. The number of halogens is 1. The van der Waals surface area contributed by atoms with Crippen LogP contribution < -0.4 is 10.6 Å². The van der Waals surface area contributed by atoms with Crippen molar-refractivity contribution in [2.24, 2.45) is 10.7 Å². The van der Waals surface area contributed by atoms with Gasteiger partial charge >= 0.3 is 0 Å². The van der Waals surface area contributed by atoms with Crippen LogP contribution in [0.2, 0.25) is 0 Å². The minimum atomic E-state index is -0.190. The number of nitrogens with zero attached hydrogens (tertiary/aromatic N) is 3. The van der Waals surface area contributed by atoms with E-state index in [2.05, 4.69) is 14.8 Å². The summed E-state index contributed by atoms with van der Waals surface area (Å²) in [5, 5.41) is 0. The maximum Gasteiger partial charge on any atom is 0.191 e. The second-order valence-corrected chi connectivity index (χ2v) is 5.88. The molecule has 1 saturated carbocycles. The van der Waals surface area contributed by atoms with Crippen LogP contribution in [-0.4, -0.2) is 43.1 Å². The summed E-state index contributed by atoms with van der Waals surface area (Å²) >= 11 is 0. The fraction of sp³-hybridized carbons (Fsp3) is 0.562. The van der Waals surface area contributed by atoms with Gasteiger partial charge in [-0.2, -0.15) is 0 Å². The van der Waals surface area contributed by atoms with Gasteiger partial charge in [0, 0.05) is 31.9 Å². The van der Waals surface area contributed by atoms with Crippen LogP contribution in [-0.2, 0) is 0 Å². The van der Waals surface area contributed by atoms with Crippen LogP contribution in [0.5, 0.6) is 0 Å². The quantitative estimate of drug-likeness (QED) is 0.671. The molecule has 0 amide bonds. The molecular weight excluding hydrogens is 267 g/mol. The maximum atomic E-state index is 13.0. The van der Waals surface area contributed by atoms with E-state index in [1.165, 1.54) is 37.8 Å². The van der Waals surface area contributed by atoms with Crippen molar-refractivity contribution < 1.29 is 4.39 Å². The van der Waals surface area contributed by atoms with Crippen LogP contribution in [0, 0.1) is 5.82 Å². The third kappa shape index (κ3) is 3.46. The van der Waals surface area contributed by atoms with E-state index in [0.29, 0.717) is 12.0 Å². The molecule has 1 heterocycles. The molecule has 0 radical (unpaired) electrons. The first-order chi connectivity index (χ1) is 10.2. The molecule has 1 aliphatic carbocycles. The molecular formula is C16H23FN4. The molecule has 0 spiro atoms. The van der Waals surface area contributed by atoms with Gasteiger partial charge in [-0.1, -0.05) is 12.8 Å². The number of anilines is 1. The highest BCUT2D eigenvalue weighted by atomic mass is 19.1. The lowest BCUT2D eigenvalue weighted by atomic mass is 10.2. The summed E-state index contributed by atoms with van der Waals surface area (Å²) in [6.07, 6.45) is 4.91. The van der Waals surface area contributed by atoms with Crippen LogP contribution in [0.25, 0.3) is 0 Å². The Morgan fingerprint density at radius 3 is 2.29 bits per heavy atom. The highest BCUT2D eigenvalue weighted by Crippen LogP contribution is 2.21. The van der Waals surface area contributed by atoms with Crippen molar-refractivity contribution in [1.82, 2.24) is 4.90 Å². The molecule has 5 heteroatoms. The van der Waals surface area contributed by atoms with Crippen molar-refractivity contribution in [3.8, 4) is 0 Å². The molecule has 1 aromatic carbocycles. The highest BCUT2D eigenvalue weighted by molar-refractivity contribution is 5.78. The number of guanidine groups is 1. The lowest BCUT2D eigenvalue weighted by Gasteiger charge is -2.36. The van der Waals surface area contributed by atoms with Crippen LogP contribution in [0.1, 0.15) is 25.7 Å². The number of hydrogen-bond donors (Lipinski definition) is 1. The van der Waals surface area contributed by atoms with Crippen LogP contribution in [0.3, 0.4) is 0 Å². The number of benzene rings is 1. The standard InChI is InChI=1S/C16H23FN4/c17-13-5-7-15(8-6-13)20-9-11-21(12-10-20)16(18)19-14-3-1-2-4-14/h5-8,14H,1-4,9-12H2,(H2,18,19). The summed E-state index contributed by atoms with van der Waals surface area (Å²) in [6, 6.07) is 7.12. The molecule has 4 nitrogen and oxygen atoms in total. The van der Waals surface area contributed by atoms with Gasteiger partial charge in [-0.3, -0.25) is 0 Å². The van der Waals surface area contributed by atoms with Gasteiger partial charge in [0.15, 0.2) is 5.96 Å². The zero-order chi connectivity index (χ0) is 14.7. The van der Waals surface area contributed by atoms with E-state index in [0.717, 1.165) is 31.9 Å². The van der Waals surface area contributed by atoms with E-state index in [-0.39, 0.29) is 5.82 Å². The normalized spacial score (nSPS) is 21.1. The summed E-state index contributed by atoms with van der Waals surface area (Å²) in [7, 11) is 0. The fourth-order valence-electron chi connectivity index (χ4n) is 3.15.